The summed E-state index contributed by atoms with van der Waals surface area (Å²) in [5.41, 5.74) is 2.32. The van der Waals surface area contributed by atoms with Crippen LogP contribution in [0.3, 0.4) is 0 Å². The highest BCUT2D eigenvalue weighted by molar-refractivity contribution is 7.86. The third kappa shape index (κ3) is 3.31. The molecule has 2 aromatic rings. The van der Waals surface area contributed by atoms with Crippen LogP contribution in [0.1, 0.15) is 44.5 Å². The van der Waals surface area contributed by atoms with Crippen LogP contribution in [0.15, 0.2) is 24.7 Å². The van der Waals surface area contributed by atoms with Gasteiger partial charge < -0.3 is 0 Å². The van der Waals surface area contributed by atoms with E-state index in [1.165, 1.54) is 8.61 Å². The van der Waals surface area contributed by atoms with Crippen molar-refractivity contribution in [3.05, 3.63) is 30.4 Å². The zero-order valence-corrected chi connectivity index (χ0v) is 15.8. The zero-order chi connectivity index (χ0) is 18.2. The van der Waals surface area contributed by atoms with Crippen LogP contribution in [-0.4, -0.2) is 57.4 Å². The largest absolute Gasteiger partial charge is 0.282 e. The summed E-state index contributed by atoms with van der Waals surface area (Å²) in [6.45, 7) is 4.62. The Bertz CT molecular complexity index is 829. The Kier molecular flexibility index (Phi) is 4.90. The zero-order valence-electron chi connectivity index (χ0n) is 15.0. The molecule has 1 fully saturated rings. The second kappa shape index (κ2) is 6.81. The maximum absolute atomic E-state index is 12.5. The Morgan fingerprint density at radius 3 is 2.60 bits per heavy atom. The van der Waals surface area contributed by atoms with E-state index in [0.717, 1.165) is 24.2 Å². The molecule has 0 N–H and O–H groups in total. The van der Waals surface area contributed by atoms with Gasteiger partial charge in [-0.15, -0.1) is 0 Å². The molecule has 9 heteroatoms. The summed E-state index contributed by atoms with van der Waals surface area (Å²) >= 11 is 0. The molecule has 0 unspecified atom stereocenters. The Labute approximate surface area is 148 Å². The summed E-state index contributed by atoms with van der Waals surface area (Å²) in [5, 5.41) is 4.31. The topological polar surface area (TPSA) is 84.2 Å². The van der Waals surface area contributed by atoms with Crippen LogP contribution in [0.5, 0.6) is 0 Å². The van der Waals surface area contributed by atoms with Gasteiger partial charge in [-0.1, -0.05) is 0 Å². The molecule has 8 nitrogen and oxygen atoms in total. The first kappa shape index (κ1) is 18.0. The third-order valence-corrected chi connectivity index (χ3v) is 6.35. The molecule has 3 heterocycles. The summed E-state index contributed by atoms with van der Waals surface area (Å²) in [5.74, 6) is 0. The molecule has 0 aromatic carbocycles. The molecule has 0 amide bonds. The predicted octanol–water partition coefficient (Wildman–Crippen LogP) is 1.86. The SMILES string of the molecule is CC(C)n1nccc1-c1cnc([C@@H]2CCCN2S(=O)(=O)N(C)C)cn1. The number of nitrogens with zero attached hydrogens (tertiary/aromatic N) is 6. The number of aromatic nitrogens is 4. The Hall–Kier alpha value is -1.84. The van der Waals surface area contributed by atoms with Gasteiger partial charge in [0.15, 0.2) is 0 Å². The molecule has 0 bridgehead atoms. The van der Waals surface area contributed by atoms with Crippen molar-refractivity contribution in [1.82, 2.24) is 28.4 Å². The van der Waals surface area contributed by atoms with Crippen LogP contribution in [0.25, 0.3) is 11.4 Å². The Morgan fingerprint density at radius 1 is 1.24 bits per heavy atom. The quantitative estimate of drug-likeness (QED) is 0.808. The maximum Gasteiger partial charge on any atom is 0.282 e. The van der Waals surface area contributed by atoms with E-state index >= 15 is 0 Å². The Morgan fingerprint density at radius 2 is 2.00 bits per heavy atom. The maximum atomic E-state index is 12.5. The van der Waals surface area contributed by atoms with E-state index in [9.17, 15) is 8.42 Å². The molecule has 1 saturated heterocycles. The normalized spacial score (nSPS) is 19.2. The van der Waals surface area contributed by atoms with Gasteiger partial charge in [0.2, 0.25) is 0 Å². The Balaban J connectivity index is 1.89. The molecule has 1 aliphatic rings. The van der Waals surface area contributed by atoms with E-state index in [-0.39, 0.29) is 12.1 Å². The van der Waals surface area contributed by atoms with Gasteiger partial charge in [0.05, 0.1) is 29.8 Å². The minimum absolute atomic E-state index is 0.224. The van der Waals surface area contributed by atoms with Gasteiger partial charge in [-0.2, -0.15) is 22.1 Å². The molecule has 1 atom stereocenters. The van der Waals surface area contributed by atoms with Crippen LogP contribution in [0.2, 0.25) is 0 Å². The lowest BCUT2D eigenvalue weighted by Gasteiger charge is -2.26. The molecule has 2 aromatic heterocycles. The number of hydrogen-bond acceptors (Lipinski definition) is 5. The van der Waals surface area contributed by atoms with E-state index in [0.29, 0.717) is 12.2 Å². The molecular formula is C16H24N6O2S. The van der Waals surface area contributed by atoms with Crippen LogP contribution in [0.4, 0.5) is 0 Å². The minimum Gasteiger partial charge on any atom is -0.261 e. The van der Waals surface area contributed by atoms with Crippen molar-refractivity contribution in [2.75, 3.05) is 20.6 Å². The van der Waals surface area contributed by atoms with E-state index in [2.05, 4.69) is 28.9 Å². The van der Waals surface area contributed by atoms with Gasteiger partial charge in [0.25, 0.3) is 10.2 Å². The van der Waals surface area contributed by atoms with Crippen LogP contribution < -0.4 is 0 Å². The average Bonchev–Trinajstić information content (AvgIpc) is 3.24. The van der Waals surface area contributed by atoms with Crippen molar-refractivity contribution in [1.29, 1.82) is 0 Å². The second-order valence-corrected chi connectivity index (χ2v) is 8.74. The fourth-order valence-corrected chi connectivity index (χ4v) is 4.41. The van der Waals surface area contributed by atoms with Crippen molar-refractivity contribution < 1.29 is 8.42 Å². The van der Waals surface area contributed by atoms with Gasteiger partial charge in [-0.25, -0.2) is 0 Å². The van der Waals surface area contributed by atoms with Crippen molar-refractivity contribution in [3.63, 3.8) is 0 Å². The summed E-state index contributed by atoms with van der Waals surface area (Å²) < 4.78 is 29.6. The van der Waals surface area contributed by atoms with Crippen molar-refractivity contribution in [3.8, 4) is 11.4 Å². The van der Waals surface area contributed by atoms with Gasteiger partial charge in [-0.3, -0.25) is 14.6 Å². The molecule has 25 heavy (non-hydrogen) atoms. The average molecular weight is 364 g/mol. The highest BCUT2D eigenvalue weighted by Gasteiger charge is 2.37. The molecule has 136 valence electrons. The smallest absolute Gasteiger partial charge is 0.261 e. The van der Waals surface area contributed by atoms with Crippen molar-refractivity contribution >= 4 is 10.2 Å². The van der Waals surface area contributed by atoms with Crippen molar-refractivity contribution in [2.45, 2.75) is 38.8 Å². The summed E-state index contributed by atoms with van der Waals surface area (Å²) in [6, 6.07) is 1.87. The first-order chi connectivity index (χ1) is 11.8. The van der Waals surface area contributed by atoms with Gasteiger partial charge >= 0.3 is 0 Å². The van der Waals surface area contributed by atoms with Gasteiger partial charge in [0.1, 0.15) is 5.69 Å². The predicted molar refractivity (Wildman–Crippen MR) is 94.9 cm³/mol. The van der Waals surface area contributed by atoms with Crippen LogP contribution >= 0.6 is 0 Å². The summed E-state index contributed by atoms with van der Waals surface area (Å²) in [6.07, 6.45) is 6.70. The van der Waals surface area contributed by atoms with E-state index in [4.69, 9.17) is 0 Å². The van der Waals surface area contributed by atoms with Crippen LogP contribution in [0, 0.1) is 0 Å². The molecule has 0 aliphatic carbocycles. The van der Waals surface area contributed by atoms with E-state index in [1.54, 1.807) is 32.7 Å². The fourth-order valence-electron chi connectivity index (χ4n) is 3.09. The first-order valence-electron chi connectivity index (χ1n) is 8.37. The third-order valence-electron chi connectivity index (χ3n) is 4.40. The molecule has 0 radical (unpaired) electrons. The molecule has 1 aliphatic heterocycles. The van der Waals surface area contributed by atoms with Gasteiger partial charge in [0, 0.05) is 32.9 Å². The van der Waals surface area contributed by atoms with E-state index in [1.807, 2.05) is 10.7 Å². The minimum atomic E-state index is -3.46. The van der Waals surface area contributed by atoms with Crippen molar-refractivity contribution in [2.24, 2.45) is 0 Å². The monoisotopic (exact) mass is 364 g/mol. The number of rotatable bonds is 5. The summed E-state index contributed by atoms with van der Waals surface area (Å²) in [4.78, 5) is 9.02. The number of hydrogen-bond donors (Lipinski definition) is 0. The molecule has 0 spiro atoms. The van der Waals surface area contributed by atoms with Crippen LogP contribution in [-0.2, 0) is 10.2 Å². The molecule has 0 saturated carbocycles. The first-order valence-corrected chi connectivity index (χ1v) is 9.77. The molecule has 3 rings (SSSR count). The second-order valence-electron chi connectivity index (χ2n) is 6.64. The lowest BCUT2D eigenvalue weighted by molar-refractivity contribution is 0.357. The van der Waals surface area contributed by atoms with Gasteiger partial charge in [-0.05, 0) is 32.8 Å². The highest BCUT2D eigenvalue weighted by atomic mass is 32.2. The molecular weight excluding hydrogens is 340 g/mol. The summed E-state index contributed by atoms with van der Waals surface area (Å²) in [7, 11) is -0.364. The highest BCUT2D eigenvalue weighted by Crippen LogP contribution is 2.34. The lowest BCUT2D eigenvalue weighted by Crippen LogP contribution is -2.39. The van der Waals surface area contributed by atoms with E-state index < -0.39 is 10.2 Å². The lowest BCUT2D eigenvalue weighted by atomic mass is 10.1. The standard InChI is InChI=1S/C16H24N6O2S/c1-12(2)22-16(7-8-19-22)14-11-17-13(10-18-14)15-6-5-9-21(15)25(23,24)20(3)4/h7-8,10-12,15H,5-6,9H2,1-4H3/t15-/m0/s1. The fraction of sp³-hybridized carbons (Fsp3) is 0.562.